The van der Waals surface area contributed by atoms with Gasteiger partial charge in [-0.2, -0.15) is 0 Å². The summed E-state index contributed by atoms with van der Waals surface area (Å²) in [6.07, 6.45) is 1.17. The molecule has 6 nitrogen and oxygen atoms in total. The molecule has 1 heterocycles. The molecule has 1 aliphatic heterocycles. The van der Waals surface area contributed by atoms with E-state index in [0.29, 0.717) is 19.6 Å². The molecule has 0 aliphatic carbocycles. The van der Waals surface area contributed by atoms with Crippen LogP contribution in [0, 0.1) is 0 Å². The van der Waals surface area contributed by atoms with Gasteiger partial charge in [0, 0.05) is 13.7 Å². The van der Waals surface area contributed by atoms with E-state index in [1.54, 1.807) is 14.0 Å². The Morgan fingerprint density at radius 2 is 2.31 bits per heavy atom. The molecule has 2 amide bonds. The quantitative estimate of drug-likeness (QED) is 0.727. The minimum Gasteiger partial charge on any atom is -0.480 e. The Hall–Kier alpha value is -1.30. The number of carboxylic acid groups (broad SMARTS) is 1. The van der Waals surface area contributed by atoms with Crippen LogP contribution in [0.4, 0.5) is 4.79 Å². The predicted molar refractivity (Wildman–Crippen MR) is 57.2 cm³/mol. The largest absolute Gasteiger partial charge is 0.480 e. The summed E-state index contributed by atoms with van der Waals surface area (Å²) in [5.74, 6) is -1.01. The van der Waals surface area contributed by atoms with Crippen molar-refractivity contribution in [1.29, 1.82) is 0 Å². The van der Waals surface area contributed by atoms with E-state index in [0.717, 1.165) is 6.42 Å². The molecule has 0 spiro atoms. The summed E-state index contributed by atoms with van der Waals surface area (Å²) >= 11 is 0. The zero-order valence-corrected chi connectivity index (χ0v) is 9.60. The number of hydrogen-bond acceptors (Lipinski definition) is 3. The molecule has 6 heteroatoms. The normalized spacial score (nSPS) is 21.5. The van der Waals surface area contributed by atoms with Gasteiger partial charge in [-0.25, -0.2) is 9.59 Å². The van der Waals surface area contributed by atoms with Crippen LogP contribution in [-0.2, 0) is 9.53 Å². The molecule has 0 bridgehead atoms. The van der Waals surface area contributed by atoms with Crippen molar-refractivity contribution < 1.29 is 19.4 Å². The first-order chi connectivity index (χ1) is 7.56. The van der Waals surface area contributed by atoms with Crippen LogP contribution in [0.25, 0.3) is 0 Å². The molecule has 2 atom stereocenters. The molecule has 0 radical (unpaired) electrons. The topological polar surface area (TPSA) is 78.9 Å². The Kier molecular flexibility index (Phi) is 4.54. The van der Waals surface area contributed by atoms with Crippen molar-refractivity contribution in [3.05, 3.63) is 0 Å². The summed E-state index contributed by atoms with van der Waals surface area (Å²) in [6.45, 7) is 2.89. The molecule has 2 N–H and O–H groups in total. The van der Waals surface area contributed by atoms with Crippen molar-refractivity contribution in [1.82, 2.24) is 10.2 Å². The minimum atomic E-state index is -1.01. The number of carbonyl (C=O) groups excluding carboxylic acids is 1. The van der Waals surface area contributed by atoms with E-state index in [-0.39, 0.29) is 12.1 Å². The van der Waals surface area contributed by atoms with Crippen molar-refractivity contribution in [2.75, 3.05) is 20.3 Å². The Morgan fingerprint density at radius 3 is 2.75 bits per heavy atom. The van der Waals surface area contributed by atoms with Gasteiger partial charge >= 0.3 is 12.0 Å². The second kappa shape index (κ2) is 5.69. The second-order valence-corrected chi connectivity index (χ2v) is 3.88. The highest BCUT2D eigenvalue weighted by molar-refractivity contribution is 5.82. The number of carbonyl (C=O) groups is 2. The minimum absolute atomic E-state index is 0.0475. The van der Waals surface area contributed by atoms with Crippen molar-refractivity contribution >= 4 is 12.0 Å². The van der Waals surface area contributed by atoms with E-state index in [1.807, 2.05) is 0 Å². The molecule has 0 aromatic carbocycles. The molecule has 1 aliphatic rings. The lowest BCUT2D eigenvalue weighted by molar-refractivity contribution is -0.139. The summed E-state index contributed by atoms with van der Waals surface area (Å²) in [7, 11) is 1.66. The Labute approximate surface area is 94.6 Å². The maximum atomic E-state index is 11.7. The summed E-state index contributed by atoms with van der Waals surface area (Å²) < 4.78 is 5.17. The highest BCUT2D eigenvalue weighted by Crippen LogP contribution is 2.10. The maximum absolute atomic E-state index is 11.7. The first-order valence-corrected chi connectivity index (χ1v) is 5.40. The zero-order chi connectivity index (χ0) is 12.1. The van der Waals surface area contributed by atoms with Gasteiger partial charge in [-0.15, -0.1) is 0 Å². The van der Waals surface area contributed by atoms with Gasteiger partial charge in [-0.3, -0.25) is 0 Å². The number of hydrogen-bond donors (Lipinski definition) is 2. The highest BCUT2D eigenvalue weighted by Gasteiger charge is 2.26. The van der Waals surface area contributed by atoms with Crippen LogP contribution in [0.5, 0.6) is 0 Å². The van der Waals surface area contributed by atoms with Gasteiger partial charge < -0.3 is 20.1 Å². The smallest absolute Gasteiger partial charge is 0.326 e. The Bertz CT molecular complexity index is 264. The highest BCUT2D eigenvalue weighted by atomic mass is 16.5. The number of aliphatic carboxylic acids is 1. The average Bonchev–Trinajstić information content (AvgIpc) is 2.77. The lowest BCUT2D eigenvalue weighted by atomic mass is 10.2. The molecular formula is C10H18N2O4. The first-order valence-electron chi connectivity index (χ1n) is 5.40. The van der Waals surface area contributed by atoms with E-state index in [4.69, 9.17) is 9.84 Å². The molecule has 1 saturated heterocycles. The molecule has 1 fully saturated rings. The van der Waals surface area contributed by atoms with Crippen LogP contribution in [0.15, 0.2) is 0 Å². The average molecular weight is 230 g/mol. The van der Waals surface area contributed by atoms with Crippen LogP contribution in [0.1, 0.15) is 19.8 Å². The fourth-order valence-corrected chi connectivity index (χ4v) is 1.58. The number of likely N-dealkylation sites (N-methyl/N-ethyl adjacent to an activating group) is 1. The van der Waals surface area contributed by atoms with E-state index in [2.05, 4.69) is 5.32 Å². The summed E-state index contributed by atoms with van der Waals surface area (Å²) in [5.41, 5.74) is 0. The van der Waals surface area contributed by atoms with Gasteiger partial charge in [-0.05, 0) is 12.8 Å². The summed E-state index contributed by atoms with van der Waals surface area (Å²) in [4.78, 5) is 24.0. The first kappa shape index (κ1) is 12.8. The zero-order valence-electron chi connectivity index (χ0n) is 9.60. The van der Waals surface area contributed by atoms with E-state index in [9.17, 15) is 9.59 Å². The van der Waals surface area contributed by atoms with Crippen LogP contribution in [0.3, 0.4) is 0 Å². The van der Waals surface area contributed by atoms with E-state index >= 15 is 0 Å². The third kappa shape index (κ3) is 3.10. The fourth-order valence-electron chi connectivity index (χ4n) is 1.58. The lowest BCUT2D eigenvalue weighted by Crippen LogP contribution is -2.49. The third-order valence-electron chi connectivity index (χ3n) is 2.78. The number of nitrogens with one attached hydrogen (secondary N) is 1. The summed E-state index contributed by atoms with van der Waals surface area (Å²) in [6, 6.07) is -1.13. The number of nitrogens with zero attached hydrogens (tertiary/aromatic N) is 1. The molecule has 0 saturated carbocycles. The fraction of sp³-hybridized carbons (Fsp3) is 0.800. The van der Waals surface area contributed by atoms with E-state index in [1.165, 1.54) is 4.90 Å². The number of ether oxygens (including phenoxy) is 1. The van der Waals surface area contributed by atoms with Gasteiger partial charge in [-0.1, -0.05) is 6.92 Å². The van der Waals surface area contributed by atoms with Crippen LogP contribution >= 0.6 is 0 Å². The molecule has 0 aromatic heterocycles. The molecule has 1 unspecified atom stereocenters. The van der Waals surface area contributed by atoms with Crippen molar-refractivity contribution in [3.8, 4) is 0 Å². The van der Waals surface area contributed by atoms with Gasteiger partial charge in [0.25, 0.3) is 0 Å². The number of rotatable bonds is 4. The molecular weight excluding hydrogens is 212 g/mol. The lowest BCUT2D eigenvalue weighted by Gasteiger charge is -2.25. The van der Waals surface area contributed by atoms with Crippen molar-refractivity contribution in [3.63, 3.8) is 0 Å². The van der Waals surface area contributed by atoms with Gasteiger partial charge in [0.1, 0.15) is 6.04 Å². The molecule has 0 aromatic rings. The monoisotopic (exact) mass is 230 g/mol. The van der Waals surface area contributed by atoms with Crippen molar-refractivity contribution in [2.45, 2.75) is 31.8 Å². The Balaban J connectivity index is 2.46. The third-order valence-corrected chi connectivity index (χ3v) is 2.78. The standard InChI is InChI=1S/C10H18N2O4/c1-3-8(9(13)14)11-10(15)12(2)7-4-5-16-6-7/h7-8H,3-6H2,1-2H3,(H,11,15)(H,13,14)/t7?,8-/m1/s1. The van der Waals surface area contributed by atoms with Crippen LogP contribution in [-0.4, -0.2) is 54.4 Å². The maximum Gasteiger partial charge on any atom is 0.326 e. The SMILES string of the molecule is CC[C@@H](NC(=O)N(C)C1CCOC1)C(=O)O. The molecule has 1 rings (SSSR count). The van der Waals surface area contributed by atoms with Gasteiger partial charge in [0.05, 0.1) is 12.6 Å². The van der Waals surface area contributed by atoms with Gasteiger partial charge in [0.15, 0.2) is 0 Å². The number of urea groups is 1. The molecule has 16 heavy (non-hydrogen) atoms. The summed E-state index contributed by atoms with van der Waals surface area (Å²) in [5, 5.41) is 11.3. The molecule has 92 valence electrons. The second-order valence-electron chi connectivity index (χ2n) is 3.88. The van der Waals surface area contributed by atoms with Crippen LogP contribution in [0.2, 0.25) is 0 Å². The van der Waals surface area contributed by atoms with Crippen LogP contribution < -0.4 is 5.32 Å². The number of amides is 2. The van der Waals surface area contributed by atoms with Crippen molar-refractivity contribution in [2.24, 2.45) is 0 Å². The van der Waals surface area contributed by atoms with Gasteiger partial charge in [0.2, 0.25) is 0 Å². The predicted octanol–water partition coefficient (Wildman–Crippen LogP) is 0.280. The van der Waals surface area contributed by atoms with E-state index < -0.39 is 12.0 Å². The Morgan fingerprint density at radius 1 is 1.62 bits per heavy atom. The number of carboxylic acids is 1.